The van der Waals surface area contributed by atoms with Gasteiger partial charge in [-0.1, -0.05) is 5.21 Å². The van der Waals surface area contributed by atoms with Crippen molar-refractivity contribution in [2.75, 3.05) is 6.54 Å². The number of aromatic nitrogens is 3. The van der Waals surface area contributed by atoms with E-state index in [1.165, 1.54) is 19.3 Å². The standard InChI is InChI=1S/C10H16N4/c11-4-8-3-9(8)10-6-14(13-12-10)5-7-1-2-7/h6-9H,1-5,11H2. The van der Waals surface area contributed by atoms with Gasteiger partial charge < -0.3 is 5.73 Å². The summed E-state index contributed by atoms with van der Waals surface area (Å²) in [6.45, 7) is 1.85. The van der Waals surface area contributed by atoms with Gasteiger partial charge in [-0.25, -0.2) is 0 Å². The lowest BCUT2D eigenvalue weighted by Gasteiger charge is -1.94. The molecule has 76 valence electrons. The van der Waals surface area contributed by atoms with Gasteiger partial charge in [-0.2, -0.15) is 0 Å². The van der Waals surface area contributed by atoms with Gasteiger partial charge in [0.2, 0.25) is 0 Å². The van der Waals surface area contributed by atoms with E-state index in [-0.39, 0.29) is 0 Å². The zero-order valence-electron chi connectivity index (χ0n) is 8.26. The van der Waals surface area contributed by atoms with E-state index in [0.29, 0.717) is 11.8 Å². The second-order valence-electron chi connectivity index (χ2n) is 4.65. The first-order valence-corrected chi connectivity index (χ1v) is 5.47. The maximum absolute atomic E-state index is 5.60. The predicted molar refractivity (Wildman–Crippen MR) is 52.6 cm³/mol. The molecule has 1 aromatic rings. The van der Waals surface area contributed by atoms with Gasteiger partial charge in [0.15, 0.2) is 0 Å². The van der Waals surface area contributed by atoms with Crippen LogP contribution in [0.5, 0.6) is 0 Å². The Morgan fingerprint density at radius 1 is 1.50 bits per heavy atom. The molecule has 3 rings (SSSR count). The van der Waals surface area contributed by atoms with Crippen LogP contribution in [0.2, 0.25) is 0 Å². The zero-order valence-corrected chi connectivity index (χ0v) is 8.26. The van der Waals surface area contributed by atoms with E-state index >= 15 is 0 Å². The number of hydrogen-bond donors (Lipinski definition) is 1. The van der Waals surface area contributed by atoms with Gasteiger partial charge in [-0.05, 0) is 37.6 Å². The summed E-state index contributed by atoms with van der Waals surface area (Å²) >= 11 is 0. The second kappa shape index (κ2) is 3.05. The molecule has 1 heterocycles. The normalized spacial score (nSPS) is 30.6. The minimum absolute atomic E-state index is 0.605. The van der Waals surface area contributed by atoms with Crippen LogP contribution in [0.1, 0.15) is 30.9 Å². The van der Waals surface area contributed by atoms with E-state index in [1.54, 1.807) is 0 Å². The molecule has 0 saturated heterocycles. The van der Waals surface area contributed by atoms with Crippen molar-refractivity contribution < 1.29 is 0 Å². The fourth-order valence-corrected chi connectivity index (χ4v) is 2.01. The SMILES string of the molecule is NCC1CC1c1cn(CC2CC2)nn1. The summed E-state index contributed by atoms with van der Waals surface area (Å²) in [5.41, 5.74) is 6.76. The summed E-state index contributed by atoms with van der Waals surface area (Å²) < 4.78 is 2.00. The monoisotopic (exact) mass is 192 g/mol. The lowest BCUT2D eigenvalue weighted by Crippen LogP contribution is -2.02. The minimum Gasteiger partial charge on any atom is -0.330 e. The number of nitrogens with two attached hydrogens (primary N) is 1. The third-order valence-electron chi connectivity index (χ3n) is 3.30. The van der Waals surface area contributed by atoms with E-state index in [9.17, 15) is 0 Å². The summed E-state index contributed by atoms with van der Waals surface area (Å²) in [4.78, 5) is 0. The van der Waals surface area contributed by atoms with Crippen molar-refractivity contribution in [1.82, 2.24) is 15.0 Å². The smallest absolute Gasteiger partial charge is 0.0861 e. The molecule has 2 saturated carbocycles. The highest BCUT2D eigenvalue weighted by molar-refractivity contribution is 5.14. The number of rotatable bonds is 4. The Morgan fingerprint density at radius 3 is 3.00 bits per heavy atom. The first kappa shape index (κ1) is 8.41. The lowest BCUT2D eigenvalue weighted by molar-refractivity contribution is 0.544. The molecule has 2 fully saturated rings. The van der Waals surface area contributed by atoms with Crippen LogP contribution in [0.4, 0.5) is 0 Å². The van der Waals surface area contributed by atoms with Crippen LogP contribution in [-0.2, 0) is 6.54 Å². The van der Waals surface area contributed by atoms with Crippen molar-refractivity contribution in [3.05, 3.63) is 11.9 Å². The molecule has 4 heteroatoms. The van der Waals surface area contributed by atoms with Crippen molar-refractivity contribution in [3.8, 4) is 0 Å². The van der Waals surface area contributed by atoms with Crippen molar-refractivity contribution in [2.24, 2.45) is 17.6 Å². The van der Waals surface area contributed by atoms with E-state index in [4.69, 9.17) is 5.73 Å². The fraction of sp³-hybridized carbons (Fsp3) is 0.800. The van der Waals surface area contributed by atoms with E-state index in [0.717, 1.165) is 24.7 Å². The summed E-state index contributed by atoms with van der Waals surface area (Å²) in [5.74, 6) is 2.14. The Balaban J connectivity index is 1.65. The average molecular weight is 192 g/mol. The molecule has 0 radical (unpaired) electrons. The molecule has 0 aromatic carbocycles. The van der Waals surface area contributed by atoms with Gasteiger partial charge in [0.1, 0.15) is 0 Å². The van der Waals surface area contributed by atoms with E-state index in [1.807, 2.05) is 4.68 Å². The van der Waals surface area contributed by atoms with Gasteiger partial charge in [0, 0.05) is 18.7 Å². The highest BCUT2D eigenvalue weighted by atomic mass is 15.4. The van der Waals surface area contributed by atoms with Gasteiger partial charge in [0.05, 0.1) is 5.69 Å². The van der Waals surface area contributed by atoms with Gasteiger partial charge in [-0.15, -0.1) is 5.10 Å². The maximum atomic E-state index is 5.60. The molecule has 2 unspecified atom stereocenters. The zero-order chi connectivity index (χ0) is 9.54. The summed E-state index contributed by atoms with van der Waals surface area (Å²) in [7, 11) is 0. The quantitative estimate of drug-likeness (QED) is 0.766. The van der Waals surface area contributed by atoms with Crippen LogP contribution < -0.4 is 5.73 Å². The highest BCUT2D eigenvalue weighted by Gasteiger charge is 2.39. The average Bonchev–Trinajstić information content (AvgIpc) is 3.07. The Hall–Kier alpha value is -0.900. The van der Waals surface area contributed by atoms with Crippen LogP contribution >= 0.6 is 0 Å². The number of hydrogen-bond acceptors (Lipinski definition) is 3. The van der Waals surface area contributed by atoms with Crippen LogP contribution in [0.3, 0.4) is 0 Å². The third-order valence-corrected chi connectivity index (χ3v) is 3.30. The van der Waals surface area contributed by atoms with Crippen LogP contribution in [0.25, 0.3) is 0 Å². The molecular formula is C10H16N4. The minimum atomic E-state index is 0.605. The van der Waals surface area contributed by atoms with Crippen molar-refractivity contribution >= 4 is 0 Å². The van der Waals surface area contributed by atoms with Crippen molar-refractivity contribution in [3.63, 3.8) is 0 Å². The Bertz CT molecular complexity index is 329. The molecule has 2 atom stereocenters. The van der Waals surface area contributed by atoms with E-state index in [2.05, 4.69) is 16.5 Å². The Morgan fingerprint density at radius 2 is 2.36 bits per heavy atom. The van der Waals surface area contributed by atoms with Gasteiger partial charge in [-0.3, -0.25) is 4.68 Å². The molecule has 4 nitrogen and oxygen atoms in total. The van der Waals surface area contributed by atoms with E-state index < -0.39 is 0 Å². The van der Waals surface area contributed by atoms with Gasteiger partial charge in [0.25, 0.3) is 0 Å². The van der Waals surface area contributed by atoms with Crippen LogP contribution in [-0.4, -0.2) is 21.5 Å². The molecule has 0 aliphatic heterocycles. The molecule has 0 spiro atoms. The summed E-state index contributed by atoms with van der Waals surface area (Å²) in [6, 6.07) is 0. The van der Waals surface area contributed by atoms with Crippen LogP contribution in [0.15, 0.2) is 6.20 Å². The lowest BCUT2D eigenvalue weighted by atomic mass is 10.2. The Kier molecular flexibility index (Phi) is 1.83. The molecule has 1 aromatic heterocycles. The molecular weight excluding hydrogens is 176 g/mol. The molecule has 14 heavy (non-hydrogen) atoms. The molecule has 2 N–H and O–H groups in total. The van der Waals surface area contributed by atoms with Crippen molar-refractivity contribution in [1.29, 1.82) is 0 Å². The first-order chi connectivity index (χ1) is 6.86. The summed E-state index contributed by atoms with van der Waals surface area (Å²) in [6.07, 6.45) is 6.05. The number of nitrogens with zero attached hydrogens (tertiary/aromatic N) is 3. The van der Waals surface area contributed by atoms with Gasteiger partial charge >= 0.3 is 0 Å². The maximum Gasteiger partial charge on any atom is 0.0861 e. The molecule has 0 bridgehead atoms. The first-order valence-electron chi connectivity index (χ1n) is 5.47. The van der Waals surface area contributed by atoms with Crippen molar-refractivity contribution in [2.45, 2.75) is 31.7 Å². The van der Waals surface area contributed by atoms with Crippen LogP contribution in [0, 0.1) is 11.8 Å². The topological polar surface area (TPSA) is 56.7 Å². The summed E-state index contributed by atoms with van der Waals surface area (Å²) in [5, 5.41) is 8.37. The largest absolute Gasteiger partial charge is 0.330 e. The molecule has 2 aliphatic carbocycles. The highest BCUT2D eigenvalue weighted by Crippen LogP contribution is 2.45. The Labute approximate surface area is 83.5 Å². The fourth-order valence-electron chi connectivity index (χ4n) is 2.01. The predicted octanol–water partition coefficient (Wildman–Crippen LogP) is 0.750. The molecule has 2 aliphatic rings. The molecule has 0 amide bonds. The second-order valence-corrected chi connectivity index (χ2v) is 4.65. The third kappa shape index (κ3) is 1.54.